The van der Waals surface area contributed by atoms with Gasteiger partial charge in [0.05, 0.1) is 0 Å². The van der Waals surface area contributed by atoms with Gasteiger partial charge in [0.15, 0.2) is 0 Å². The van der Waals surface area contributed by atoms with Crippen LogP contribution >= 0.6 is 11.8 Å². The van der Waals surface area contributed by atoms with Crippen molar-refractivity contribution in [3.8, 4) is 0 Å². The summed E-state index contributed by atoms with van der Waals surface area (Å²) in [6, 6.07) is 9.79. The van der Waals surface area contributed by atoms with Crippen LogP contribution in [-0.4, -0.2) is 31.5 Å². The molecule has 1 aromatic carbocycles. The Bertz CT molecular complexity index is 401. The Morgan fingerprint density at radius 2 is 1.94 bits per heavy atom. The lowest BCUT2D eigenvalue weighted by atomic mass is 10.2. The lowest BCUT2D eigenvalue weighted by Gasteiger charge is -2.18. The Labute approximate surface area is 108 Å². The van der Waals surface area contributed by atoms with E-state index < -0.39 is 21.5 Å². The molecule has 0 aliphatic carbocycles. The second-order valence-electron chi connectivity index (χ2n) is 4.03. The second-order valence-corrected chi connectivity index (χ2v) is 7.31. The first kappa shape index (κ1) is 14.3. The third-order valence-corrected chi connectivity index (χ3v) is 5.52. The molecule has 0 saturated carbocycles. The molecule has 0 heterocycles. The molecule has 0 aromatic heterocycles. The number of carbonyl (C=O) groups is 1. The molecule has 1 unspecified atom stereocenters. The summed E-state index contributed by atoms with van der Waals surface area (Å²) < 4.78 is 10.6. The fraction of sp³-hybridized carbons (Fsp3) is 0.417. The van der Waals surface area contributed by atoms with Crippen LogP contribution in [0.25, 0.3) is 0 Å². The van der Waals surface area contributed by atoms with Gasteiger partial charge in [-0.15, -0.1) is 11.8 Å². The summed E-state index contributed by atoms with van der Waals surface area (Å²) in [6.07, 6.45) is 0. The monoisotopic (exact) mass is 272 g/mol. The van der Waals surface area contributed by atoms with E-state index in [0.717, 1.165) is 4.90 Å². The summed E-state index contributed by atoms with van der Waals surface area (Å²) in [5, 5.41) is 8.93. The zero-order valence-electron chi connectivity index (χ0n) is 9.88. The molecule has 0 spiro atoms. The summed E-state index contributed by atoms with van der Waals surface area (Å²) in [6.45, 7) is 3.00. The highest BCUT2D eigenvalue weighted by Gasteiger charge is 2.33. The van der Waals surface area contributed by atoms with Crippen molar-refractivity contribution in [2.24, 2.45) is 0 Å². The first-order valence-corrected chi connectivity index (χ1v) is 7.55. The minimum atomic E-state index is -1.35. The summed E-state index contributed by atoms with van der Waals surface area (Å²) in [4.78, 5) is 12.0. The van der Waals surface area contributed by atoms with Crippen molar-refractivity contribution >= 4 is 28.5 Å². The Morgan fingerprint density at radius 1 is 1.35 bits per heavy atom. The van der Waals surface area contributed by atoms with Gasteiger partial charge in [-0.25, -0.2) is 0 Å². The van der Waals surface area contributed by atoms with Crippen LogP contribution in [0.2, 0.25) is 0 Å². The van der Waals surface area contributed by atoms with E-state index in [-0.39, 0.29) is 0 Å². The van der Waals surface area contributed by atoms with Crippen molar-refractivity contribution in [2.75, 3.05) is 11.5 Å². The van der Waals surface area contributed by atoms with Crippen LogP contribution in [0.3, 0.4) is 0 Å². The summed E-state index contributed by atoms with van der Waals surface area (Å²) in [5.74, 6) is 0.0344. The molecule has 0 aliphatic heterocycles. The smallest absolute Gasteiger partial charge is 0.321 e. The molecule has 3 nitrogen and oxygen atoms in total. The van der Waals surface area contributed by atoms with Gasteiger partial charge in [0.1, 0.15) is 4.75 Å². The lowest BCUT2D eigenvalue weighted by molar-refractivity contribution is -0.139. The third kappa shape index (κ3) is 4.16. The Kier molecular flexibility index (Phi) is 5.21. The van der Waals surface area contributed by atoms with Gasteiger partial charge >= 0.3 is 5.97 Å². The highest BCUT2D eigenvalue weighted by molar-refractivity contribution is 8.00. The normalized spacial score (nSPS) is 13.3. The number of thioether (sulfide) groups is 1. The Balaban J connectivity index is 2.42. The maximum absolute atomic E-state index is 11.8. The molecule has 0 radical (unpaired) electrons. The molecular weight excluding hydrogens is 256 g/mol. The number of benzene rings is 1. The third-order valence-electron chi connectivity index (χ3n) is 2.36. The molecule has 94 valence electrons. The molecule has 0 aliphatic rings. The summed E-state index contributed by atoms with van der Waals surface area (Å²) in [7, 11) is -1.35. The number of hydrogen-bond donors (Lipinski definition) is 1. The van der Waals surface area contributed by atoms with Crippen LogP contribution in [0.1, 0.15) is 13.8 Å². The van der Waals surface area contributed by atoms with Crippen molar-refractivity contribution < 1.29 is 14.1 Å². The topological polar surface area (TPSA) is 54.4 Å². The Morgan fingerprint density at radius 3 is 2.47 bits per heavy atom. The van der Waals surface area contributed by atoms with E-state index in [9.17, 15) is 9.00 Å². The molecule has 1 aromatic rings. The van der Waals surface area contributed by atoms with Crippen LogP contribution < -0.4 is 0 Å². The van der Waals surface area contributed by atoms with E-state index in [1.54, 1.807) is 11.8 Å². The van der Waals surface area contributed by atoms with E-state index in [4.69, 9.17) is 5.11 Å². The van der Waals surface area contributed by atoms with Crippen LogP contribution in [0.15, 0.2) is 35.2 Å². The zero-order valence-corrected chi connectivity index (χ0v) is 11.5. The first-order chi connectivity index (χ1) is 7.94. The van der Waals surface area contributed by atoms with Gasteiger partial charge < -0.3 is 5.11 Å². The first-order valence-electron chi connectivity index (χ1n) is 5.24. The van der Waals surface area contributed by atoms with Crippen LogP contribution in [0.5, 0.6) is 0 Å². The van der Waals surface area contributed by atoms with Crippen molar-refractivity contribution in [1.29, 1.82) is 0 Å². The SMILES string of the molecule is CC(C)(C(=O)O)S(=O)CCSc1ccccc1. The van der Waals surface area contributed by atoms with E-state index in [1.807, 2.05) is 30.3 Å². The second kappa shape index (κ2) is 6.21. The lowest BCUT2D eigenvalue weighted by Crippen LogP contribution is -2.38. The quantitative estimate of drug-likeness (QED) is 0.808. The van der Waals surface area contributed by atoms with E-state index in [2.05, 4.69) is 0 Å². The highest BCUT2D eigenvalue weighted by Crippen LogP contribution is 2.19. The predicted octanol–water partition coefficient (Wildman–Crippen LogP) is 2.39. The molecule has 1 rings (SSSR count). The Hall–Kier alpha value is -0.810. The minimum absolute atomic E-state index is 0.388. The highest BCUT2D eigenvalue weighted by atomic mass is 32.2. The van der Waals surface area contributed by atoms with E-state index in [1.165, 1.54) is 13.8 Å². The van der Waals surface area contributed by atoms with Crippen molar-refractivity contribution in [3.63, 3.8) is 0 Å². The van der Waals surface area contributed by atoms with Gasteiger partial charge in [-0.05, 0) is 26.0 Å². The van der Waals surface area contributed by atoms with Crippen LogP contribution in [-0.2, 0) is 15.6 Å². The molecule has 1 atom stereocenters. The number of rotatable bonds is 6. The minimum Gasteiger partial charge on any atom is -0.480 e. The van der Waals surface area contributed by atoms with Gasteiger partial charge in [-0.2, -0.15) is 0 Å². The molecule has 0 saturated heterocycles. The number of aliphatic carboxylic acids is 1. The molecule has 0 amide bonds. The molecule has 1 N–H and O–H groups in total. The zero-order chi connectivity index (χ0) is 12.9. The van der Waals surface area contributed by atoms with E-state index >= 15 is 0 Å². The van der Waals surface area contributed by atoms with Gasteiger partial charge in [0, 0.05) is 27.2 Å². The molecule has 17 heavy (non-hydrogen) atoms. The standard InChI is InChI=1S/C12H16O3S2/c1-12(2,11(13)14)17(15)9-8-16-10-6-4-3-5-7-10/h3-7H,8-9H2,1-2H3,(H,13,14). The maximum Gasteiger partial charge on any atom is 0.321 e. The van der Waals surface area contributed by atoms with Gasteiger partial charge in [-0.3, -0.25) is 9.00 Å². The van der Waals surface area contributed by atoms with Gasteiger partial charge in [0.25, 0.3) is 0 Å². The van der Waals surface area contributed by atoms with Crippen LogP contribution in [0, 0.1) is 0 Å². The van der Waals surface area contributed by atoms with Crippen molar-refractivity contribution in [3.05, 3.63) is 30.3 Å². The number of carboxylic acid groups (broad SMARTS) is 1. The van der Waals surface area contributed by atoms with Crippen LogP contribution in [0.4, 0.5) is 0 Å². The van der Waals surface area contributed by atoms with Crippen molar-refractivity contribution in [2.45, 2.75) is 23.5 Å². The van der Waals surface area contributed by atoms with Gasteiger partial charge in [0.2, 0.25) is 0 Å². The molecule has 0 fully saturated rings. The van der Waals surface area contributed by atoms with Gasteiger partial charge in [-0.1, -0.05) is 18.2 Å². The largest absolute Gasteiger partial charge is 0.480 e. The maximum atomic E-state index is 11.8. The number of hydrogen-bond acceptors (Lipinski definition) is 3. The average Bonchev–Trinajstić information content (AvgIpc) is 2.30. The summed E-state index contributed by atoms with van der Waals surface area (Å²) >= 11 is 1.59. The molecule has 5 heteroatoms. The predicted molar refractivity (Wildman–Crippen MR) is 71.9 cm³/mol. The van der Waals surface area contributed by atoms with Crippen molar-refractivity contribution in [1.82, 2.24) is 0 Å². The molecular formula is C12H16O3S2. The fourth-order valence-electron chi connectivity index (χ4n) is 1.10. The average molecular weight is 272 g/mol. The molecule has 0 bridgehead atoms. The van der Waals surface area contributed by atoms with E-state index in [0.29, 0.717) is 11.5 Å². The summed E-state index contributed by atoms with van der Waals surface area (Å²) in [5.41, 5.74) is 0. The fourth-order valence-corrected chi connectivity index (χ4v) is 3.33. The number of carboxylic acids is 1.